The summed E-state index contributed by atoms with van der Waals surface area (Å²) in [5.74, 6) is 2.41. The maximum absolute atomic E-state index is 12.4. The average molecular weight is 395 g/mol. The topological polar surface area (TPSA) is 65.3 Å². The molecule has 1 aromatic carbocycles. The van der Waals surface area contributed by atoms with Crippen molar-refractivity contribution < 1.29 is 14.9 Å². The number of aromatic hydroxyl groups is 1. The Morgan fingerprint density at radius 2 is 1.97 bits per heavy atom. The van der Waals surface area contributed by atoms with E-state index < -0.39 is 11.0 Å². The third-order valence-electron chi connectivity index (χ3n) is 8.83. The van der Waals surface area contributed by atoms with Gasteiger partial charge in [0.15, 0.2) is 11.5 Å². The first kappa shape index (κ1) is 17.1. The number of phenolic OH excluding ortho intramolecular Hbond substituents is 1. The molecule has 7 rings (SSSR count). The number of phenols is 1. The molecule has 0 aromatic heterocycles. The molecule has 154 valence electrons. The summed E-state index contributed by atoms with van der Waals surface area (Å²) in [5.41, 5.74) is 2.25. The van der Waals surface area contributed by atoms with Crippen LogP contribution in [0.2, 0.25) is 0 Å². The summed E-state index contributed by atoms with van der Waals surface area (Å²) in [7, 11) is 0. The highest BCUT2D eigenvalue weighted by molar-refractivity contribution is 5.94. The summed E-state index contributed by atoms with van der Waals surface area (Å²) in [6.45, 7) is 3.03. The number of piperidine rings is 1. The molecule has 1 spiro atoms. The van der Waals surface area contributed by atoms with Gasteiger partial charge in [-0.1, -0.05) is 6.07 Å². The Labute approximate surface area is 171 Å². The molecule has 4 atom stereocenters. The van der Waals surface area contributed by atoms with Crippen molar-refractivity contribution in [2.75, 3.05) is 19.6 Å². The fourth-order valence-corrected chi connectivity index (χ4v) is 6.99. The smallest absolute Gasteiger partial charge is 0.166 e. The zero-order valence-corrected chi connectivity index (χ0v) is 16.9. The van der Waals surface area contributed by atoms with Gasteiger partial charge in [0.25, 0.3) is 0 Å². The average Bonchev–Trinajstić information content (AvgIpc) is 3.62. The molecule has 29 heavy (non-hydrogen) atoms. The number of hydrogen-bond acceptors (Lipinski definition) is 5. The maximum Gasteiger partial charge on any atom is 0.166 e. The van der Waals surface area contributed by atoms with Gasteiger partial charge in [0.1, 0.15) is 6.10 Å². The van der Waals surface area contributed by atoms with E-state index in [4.69, 9.17) is 9.73 Å². The first-order chi connectivity index (χ1) is 14.1. The van der Waals surface area contributed by atoms with Gasteiger partial charge < -0.3 is 14.9 Å². The number of nitrogens with zero attached hydrogens (tertiary/aromatic N) is 2. The second-order valence-electron chi connectivity index (χ2n) is 10.5. The molecule has 0 amide bonds. The van der Waals surface area contributed by atoms with Crippen LogP contribution in [0.5, 0.6) is 11.5 Å². The minimum Gasteiger partial charge on any atom is -0.504 e. The summed E-state index contributed by atoms with van der Waals surface area (Å²) in [6, 6.07) is 4.01. The van der Waals surface area contributed by atoms with Gasteiger partial charge in [0.05, 0.1) is 16.7 Å². The van der Waals surface area contributed by atoms with Crippen LogP contribution in [0, 0.1) is 11.8 Å². The summed E-state index contributed by atoms with van der Waals surface area (Å²) in [5, 5.41) is 23.0. The predicted molar refractivity (Wildman–Crippen MR) is 110 cm³/mol. The molecule has 2 bridgehead atoms. The molecule has 6 aliphatic rings. The van der Waals surface area contributed by atoms with E-state index in [1.807, 2.05) is 0 Å². The van der Waals surface area contributed by atoms with Crippen molar-refractivity contribution in [1.29, 1.82) is 0 Å². The van der Waals surface area contributed by atoms with Crippen molar-refractivity contribution in [2.45, 2.75) is 74.5 Å². The van der Waals surface area contributed by atoms with Gasteiger partial charge in [0.2, 0.25) is 0 Å². The number of likely N-dealkylation sites (tertiary alicyclic amines) is 1. The lowest BCUT2D eigenvalue weighted by atomic mass is 9.49. The molecule has 5 heteroatoms. The van der Waals surface area contributed by atoms with E-state index in [0.717, 1.165) is 68.4 Å². The third kappa shape index (κ3) is 2.16. The lowest BCUT2D eigenvalue weighted by Gasteiger charge is -2.63. The summed E-state index contributed by atoms with van der Waals surface area (Å²) in [6.07, 6.45) is 8.37. The Hall–Kier alpha value is -1.59. The van der Waals surface area contributed by atoms with Gasteiger partial charge in [-0.25, -0.2) is 0 Å². The van der Waals surface area contributed by atoms with Crippen LogP contribution in [0.15, 0.2) is 17.1 Å². The summed E-state index contributed by atoms with van der Waals surface area (Å²) >= 11 is 0. The van der Waals surface area contributed by atoms with Crippen LogP contribution in [0.4, 0.5) is 0 Å². The number of benzene rings is 1. The number of aliphatic hydroxyl groups is 1. The van der Waals surface area contributed by atoms with Gasteiger partial charge >= 0.3 is 0 Å². The van der Waals surface area contributed by atoms with Crippen molar-refractivity contribution in [3.63, 3.8) is 0 Å². The van der Waals surface area contributed by atoms with E-state index in [1.54, 1.807) is 6.07 Å². The first-order valence-electron chi connectivity index (χ1n) is 11.6. The Morgan fingerprint density at radius 1 is 1.14 bits per heavy atom. The Kier molecular flexibility index (Phi) is 3.28. The van der Waals surface area contributed by atoms with Crippen molar-refractivity contribution in [2.24, 2.45) is 16.8 Å². The predicted octanol–water partition coefficient (Wildman–Crippen LogP) is 2.81. The highest BCUT2D eigenvalue weighted by atomic mass is 16.5. The van der Waals surface area contributed by atoms with Crippen LogP contribution in [0.3, 0.4) is 0 Å². The highest BCUT2D eigenvalue weighted by Gasteiger charge is 2.72. The Balaban J connectivity index is 1.38. The van der Waals surface area contributed by atoms with E-state index in [1.165, 1.54) is 31.2 Å². The lowest BCUT2D eigenvalue weighted by molar-refractivity contribution is -0.166. The molecule has 1 saturated heterocycles. The minimum absolute atomic E-state index is 0.149. The molecular formula is C24H30N2O3. The molecule has 4 aliphatic carbocycles. The summed E-state index contributed by atoms with van der Waals surface area (Å²) < 4.78 is 6.51. The van der Waals surface area contributed by atoms with Gasteiger partial charge in [-0.05, 0) is 81.4 Å². The van der Waals surface area contributed by atoms with E-state index >= 15 is 0 Å². The van der Waals surface area contributed by atoms with Crippen molar-refractivity contribution in [1.82, 2.24) is 4.90 Å². The van der Waals surface area contributed by atoms with E-state index in [0.29, 0.717) is 5.75 Å². The largest absolute Gasteiger partial charge is 0.504 e. The number of rotatable bonds is 4. The standard InChI is InChI=1S/C24H30N2O3/c27-18-6-5-16-11-19-24(28)8-7-17(25-12-14-1-2-14)22-23(24,20(16)21(18)29-22)9-10-26(19)13-15-3-4-15/h5-6,14-15,19,22,27-28H,1-4,7-13H2/t19-,22+,23+,24-/m1/s1. The zero-order chi connectivity index (χ0) is 19.4. The van der Waals surface area contributed by atoms with Crippen LogP contribution in [-0.4, -0.2) is 58.2 Å². The third-order valence-corrected chi connectivity index (χ3v) is 8.83. The number of ether oxygens (including phenoxy) is 1. The van der Waals surface area contributed by atoms with Crippen molar-refractivity contribution in [3.05, 3.63) is 23.3 Å². The van der Waals surface area contributed by atoms with Gasteiger partial charge in [-0.3, -0.25) is 9.89 Å². The fourth-order valence-electron chi connectivity index (χ4n) is 6.99. The molecule has 1 aromatic rings. The number of aliphatic imine (C=N–C) groups is 1. The highest BCUT2D eigenvalue weighted by Crippen LogP contribution is 2.65. The van der Waals surface area contributed by atoms with E-state index in [9.17, 15) is 10.2 Å². The Bertz CT molecular complexity index is 921. The van der Waals surface area contributed by atoms with Gasteiger partial charge in [-0.2, -0.15) is 0 Å². The van der Waals surface area contributed by atoms with Crippen LogP contribution in [0.1, 0.15) is 56.1 Å². The lowest BCUT2D eigenvalue weighted by Crippen LogP contribution is -2.76. The molecule has 0 unspecified atom stereocenters. The molecule has 2 N–H and O–H groups in total. The zero-order valence-electron chi connectivity index (χ0n) is 16.9. The first-order valence-corrected chi connectivity index (χ1v) is 11.6. The number of hydrogen-bond donors (Lipinski definition) is 2. The van der Waals surface area contributed by atoms with Crippen LogP contribution < -0.4 is 4.74 Å². The quantitative estimate of drug-likeness (QED) is 0.824. The second-order valence-corrected chi connectivity index (χ2v) is 10.5. The van der Waals surface area contributed by atoms with Crippen LogP contribution in [-0.2, 0) is 11.8 Å². The fraction of sp³-hybridized carbons (Fsp3) is 0.708. The Morgan fingerprint density at radius 3 is 2.76 bits per heavy atom. The minimum atomic E-state index is -0.796. The van der Waals surface area contributed by atoms with E-state index in [-0.39, 0.29) is 17.9 Å². The van der Waals surface area contributed by atoms with E-state index in [2.05, 4.69) is 11.0 Å². The molecule has 4 fully saturated rings. The van der Waals surface area contributed by atoms with Crippen molar-refractivity contribution >= 4 is 5.71 Å². The molecule has 2 aliphatic heterocycles. The molecule has 0 radical (unpaired) electrons. The van der Waals surface area contributed by atoms with Crippen LogP contribution >= 0.6 is 0 Å². The molecule has 2 heterocycles. The molecular weight excluding hydrogens is 364 g/mol. The normalized spacial score (nSPS) is 41.3. The summed E-state index contributed by atoms with van der Waals surface area (Å²) in [4.78, 5) is 7.61. The SMILES string of the molecule is Oc1ccc2c3c1O[C@H]1C(=NCC4CC4)CC[C@@]4(O)[C@@H](C2)N(CC2CC2)CC[C@]314. The van der Waals surface area contributed by atoms with Crippen LogP contribution in [0.25, 0.3) is 0 Å². The maximum atomic E-state index is 12.4. The van der Waals surface area contributed by atoms with Gasteiger partial charge in [-0.15, -0.1) is 0 Å². The molecule has 5 nitrogen and oxygen atoms in total. The monoisotopic (exact) mass is 394 g/mol. The van der Waals surface area contributed by atoms with Gasteiger partial charge in [0, 0.05) is 24.7 Å². The molecule has 3 saturated carbocycles. The van der Waals surface area contributed by atoms with Crippen molar-refractivity contribution in [3.8, 4) is 11.5 Å². The second kappa shape index (κ2) is 5.55.